The lowest BCUT2D eigenvalue weighted by Gasteiger charge is -2.17. The standard InChI is InChI=1S/C31H27F7N2O3/c1-41-28-16-24(17-29(42-2)25(28)18-39-14-13-19-3-5-20(6-4-19)30(33,34)35)43-23-10-7-21(8-11-23)40-22-9-12-26(27(32)15-22)31(36,37)38/h3-12,15-17,39-40H,13-14,18H2,1-2H3. The van der Waals surface area contributed by atoms with Gasteiger partial charge in [0.25, 0.3) is 0 Å². The quantitative estimate of drug-likeness (QED) is 0.132. The van der Waals surface area contributed by atoms with Crippen molar-refractivity contribution in [3.8, 4) is 23.0 Å². The van der Waals surface area contributed by atoms with E-state index in [1.807, 2.05) is 0 Å². The normalized spacial score (nSPS) is 11.7. The zero-order valence-electron chi connectivity index (χ0n) is 23.0. The van der Waals surface area contributed by atoms with E-state index in [2.05, 4.69) is 10.6 Å². The molecule has 5 nitrogen and oxygen atoms in total. The van der Waals surface area contributed by atoms with Crippen LogP contribution in [-0.2, 0) is 25.3 Å². The van der Waals surface area contributed by atoms with Crippen molar-refractivity contribution in [2.45, 2.75) is 25.3 Å². The Balaban J connectivity index is 1.37. The van der Waals surface area contributed by atoms with Gasteiger partial charge in [0.2, 0.25) is 0 Å². The molecule has 0 bridgehead atoms. The summed E-state index contributed by atoms with van der Waals surface area (Å²) in [7, 11) is 2.99. The Morgan fingerprint density at radius 1 is 0.674 bits per heavy atom. The topological polar surface area (TPSA) is 51.8 Å². The molecule has 0 radical (unpaired) electrons. The number of anilines is 2. The van der Waals surface area contributed by atoms with Gasteiger partial charge in [0.05, 0.1) is 30.9 Å². The fourth-order valence-corrected chi connectivity index (χ4v) is 4.23. The molecule has 4 aromatic carbocycles. The molecule has 0 saturated heterocycles. The zero-order chi connectivity index (χ0) is 31.2. The second-order valence-corrected chi connectivity index (χ2v) is 9.37. The Labute approximate surface area is 243 Å². The SMILES string of the molecule is COc1cc(Oc2ccc(Nc3ccc(C(F)(F)F)c(F)c3)cc2)cc(OC)c1CNCCc1ccc(C(F)(F)F)cc1. The third kappa shape index (κ3) is 8.31. The maximum atomic E-state index is 13.9. The molecule has 228 valence electrons. The summed E-state index contributed by atoms with van der Waals surface area (Å²) in [6.07, 6.45) is -8.64. The molecule has 0 heterocycles. The smallest absolute Gasteiger partial charge is 0.419 e. The summed E-state index contributed by atoms with van der Waals surface area (Å²) in [5, 5.41) is 6.09. The van der Waals surface area contributed by atoms with E-state index in [1.165, 1.54) is 26.4 Å². The molecule has 0 amide bonds. The summed E-state index contributed by atoms with van der Waals surface area (Å²) in [5.41, 5.74) is 0.0941. The molecule has 0 atom stereocenters. The van der Waals surface area contributed by atoms with Crippen molar-refractivity contribution in [2.24, 2.45) is 0 Å². The van der Waals surface area contributed by atoms with Gasteiger partial charge in [-0.15, -0.1) is 0 Å². The van der Waals surface area contributed by atoms with Gasteiger partial charge >= 0.3 is 12.4 Å². The van der Waals surface area contributed by atoms with Crippen molar-refractivity contribution >= 4 is 11.4 Å². The first-order valence-corrected chi connectivity index (χ1v) is 12.9. The summed E-state index contributed by atoms with van der Waals surface area (Å²) >= 11 is 0. The lowest BCUT2D eigenvalue weighted by molar-refractivity contribution is -0.140. The molecule has 43 heavy (non-hydrogen) atoms. The molecule has 0 saturated carbocycles. The number of halogens is 7. The number of benzene rings is 4. The number of hydrogen-bond acceptors (Lipinski definition) is 5. The van der Waals surface area contributed by atoms with Gasteiger partial charge in [-0.2, -0.15) is 26.3 Å². The predicted molar refractivity (Wildman–Crippen MR) is 148 cm³/mol. The van der Waals surface area contributed by atoms with Crippen LogP contribution in [0.5, 0.6) is 23.0 Å². The van der Waals surface area contributed by atoms with Gasteiger partial charge in [0.15, 0.2) is 0 Å². The van der Waals surface area contributed by atoms with Crippen LogP contribution in [0.3, 0.4) is 0 Å². The monoisotopic (exact) mass is 608 g/mol. The highest BCUT2D eigenvalue weighted by atomic mass is 19.4. The van der Waals surface area contributed by atoms with Gasteiger partial charge in [0.1, 0.15) is 28.8 Å². The van der Waals surface area contributed by atoms with Gasteiger partial charge in [-0.1, -0.05) is 12.1 Å². The first kappa shape index (κ1) is 31.5. The van der Waals surface area contributed by atoms with Crippen molar-refractivity contribution in [1.29, 1.82) is 0 Å². The van der Waals surface area contributed by atoms with Crippen LogP contribution in [0.4, 0.5) is 42.1 Å². The third-order valence-corrected chi connectivity index (χ3v) is 6.41. The van der Waals surface area contributed by atoms with Gasteiger partial charge < -0.3 is 24.8 Å². The number of rotatable bonds is 11. The Kier molecular flexibility index (Phi) is 9.70. The molecule has 0 aromatic heterocycles. The van der Waals surface area contributed by atoms with Gasteiger partial charge in [-0.3, -0.25) is 0 Å². The summed E-state index contributed by atoms with van der Waals surface area (Å²) in [4.78, 5) is 0. The van der Waals surface area contributed by atoms with Crippen LogP contribution in [0.25, 0.3) is 0 Å². The number of ether oxygens (including phenoxy) is 3. The molecular weight excluding hydrogens is 581 g/mol. The third-order valence-electron chi connectivity index (χ3n) is 6.41. The number of nitrogens with one attached hydrogen (secondary N) is 2. The molecular formula is C31H27F7N2O3. The van der Waals surface area contributed by atoms with Crippen molar-refractivity contribution < 1.29 is 44.9 Å². The predicted octanol–water partition coefficient (Wildman–Crippen LogP) is 8.75. The van der Waals surface area contributed by atoms with Crippen LogP contribution in [0.2, 0.25) is 0 Å². The summed E-state index contributed by atoms with van der Waals surface area (Å²) in [6.45, 7) is 0.855. The second kappa shape index (κ2) is 13.2. The Morgan fingerprint density at radius 3 is 1.81 bits per heavy atom. The molecule has 0 aliphatic rings. The van der Waals surface area contributed by atoms with Crippen LogP contribution in [0.15, 0.2) is 78.9 Å². The zero-order valence-corrected chi connectivity index (χ0v) is 23.0. The highest BCUT2D eigenvalue weighted by molar-refractivity contribution is 5.61. The highest BCUT2D eigenvalue weighted by Gasteiger charge is 2.34. The number of alkyl halides is 6. The molecule has 0 aliphatic heterocycles. The van der Waals surface area contributed by atoms with E-state index >= 15 is 0 Å². The van der Waals surface area contributed by atoms with E-state index in [0.29, 0.717) is 59.8 Å². The Hall–Kier alpha value is -4.45. The van der Waals surface area contributed by atoms with Crippen molar-refractivity contribution in [1.82, 2.24) is 5.32 Å². The van der Waals surface area contributed by atoms with Crippen LogP contribution in [0, 0.1) is 5.82 Å². The van der Waals surface area contributed by atoms with E-state index in [9.17, 15) is 30.7 Å². The highest BCUT2D eigenvalue weighted by Crippen LogP contribution is 2.37. The van der Waals surface area contributed by atoms with E-state index in [1.54, 1.807) is 36.4 Å². The van der Waals surface area contributed by atoms with Gasteiger partial charge in [-0.25, -0.2) is 4.39 Å². The van der Waals surface area contributed by atoms with Gasteiger partial charge in [-0.05, 0) is 73.1 Å². The summed E-state index contributed by atoms with van der Waals surface area (Å²) in [5.74, 6) is 0.444. The average molecular weight is 609 g/mol. The molecule has 0 unspecified atom stereocenters. The maximum Gasteiger partial charge on any atom is 0.419 e. The molecule has 0 aliphatic carbocycles. The van der Waals surface area contributed by atoms with E-state index in [-0.39, 0.29) is 5.69 Å². The minimum atomic E-state index is -4.78. The molecule has 2 N–H and O–H groups in total. The van der Waals surface area contributed by atoms with E-state index in [4.69, 9.17) is 14.2 Å². The number of methoxy groups -OCH3 is 2. The summed E-state index contributed by atoms with van der Waals surface area (Å²) in [6, 6.07) is 17.4. The minimum Gasteiger partial charge on any atom is -0.496 e. The largest absolute Gasteiger partial charge is 0.496 e. The van der Waals surface area contributed by atoms with Gasteiger partial charge in [0, 0.05) is 30.1 Å². The van der Waals surface area contributed by atoms with Crippen molar-refractivity contribution in [3.63, 3.8) is 0 Å². The first-order valence-electron chi connectivity index (χ1n) is 12.9. The van der Waals surface area contributed by atoms with Crippen molar-refractivity contribution in [2.75, 3.05) is 26.1 Å². The van der Waals surface area contributed by atoms with Crippen LogP contribution in [0.1, 0.15) is 22.3 Å². The minimum absolute atomic E-state index is 0.150. The Bertz CT molecular complexity index is 1500. The van der Waals surface area contributed by atoms with Crippen molar-refractivity contribution in [3.05, 3.63) is 107 Å². The Morgan fingerprint density at radius 2 is 1.28 bits per heavy atom. The molecule has 0 spiro atoms. The molecule has 4 rings (SSSR count). The van der Waals surface area contributed by atoms with Crippen LogP contribution in [-0.4, -0.2) is 20.8 Å². The lowest BCUT2D eigenvalue weighted by Crippen LogP contribution is -2.18. The summed E-state index contributed by atoms with van der Waals surface area (Å²) < 4.78 is 108. The lowest BCUT2D eigenvalue weighted by atomic mass is 10.1. The number of hydrogen-bond donors (Lipinski definition) is 2. The first-order chi connectivity index (χ1) is 20.4. The van der Waals surface area contributed by atoms with E-state index < -0.39 is 29.3 Å². The maximum absolute atomic E-state index is 13.9. The van der Waals surface area contributed by atoms with Crippen LogP contribution < -0.4 is 24.8 Å². The fraction of sp³-hybridized carbons (Fsp3) is 0.226. The van der Waals surface area contributed by atoms with Crippen LogP contribution >= 0.6 is 0 Å². The molecule has 0 fully saturated rings. The second-order valence-electron chi connectivity index (χ2n) is 9.37. The average Bonchev–Trinajstić information content (AvgIpc) is 2.95. The molecule has 4 aromatic rings. The van der Waals surface area contributed by atoms with E-state index in [0.717, 1.165) is 29.8 Å². The molecule has 12 heteroatoms. The fourth-order valence-electron chi connectivity index (χ4n) is 4.23.